The number of nitrogens with one attached hydrogen (secondary N) is 3. The predicted octanol–water partition coefficient (Wildman–Crippen LogP) is 1.39. The minimum atomic E-state index is -0.483. The van der Waals surface area contributed by atoms with Crippen LogP contribution in [0.3, 0.4) is 0 Å². The SMILES string of the molecule is N#C/C(=C/NCCN1CCNCC1)C(=O)Nc1cccc2c(O)cccc12. The van der Waals surface area contributed by atoms with E-state index in [1.54, 1.807) is 30.3 Å². The number of phenolic OH excluding ortho intramolecular Hbond substituents is 1. The molecule has 1 fully saturated rings. The highest BCUT2D eigenvalue weighted by atomic mass is 16.3. The number of hydrogen-bond donors (Lipinski definition) is 4. The molecule has 0 aliphatic carbocycles. The summed E-state index contributed by atoms with van der Waals surface area (Å²) in [7, 11) is 0. The summed E-state index contributed by atoms with van der Waals surface area (Å²) in [6.07, 6.45) is 1.46. The maximum atomic E-state index is 12.4. The summed E-state index contributed by atoms with van der Waals surface area (Å²) >= 11 is 0. The number of aromatic hydroxyl groups is 1. The fraction of sp³-hybridized carbons (Fsp3) is 0.300. The fourth-order valence-electron chi connectivity index (χ4n) is 3.07. The first-order valence-electron chi connectivity index (χ1n) is 8.98. The third-order valence-corrected chi connectivity index (χ3v) is 4.54. The molecule has 0 aromatic heterocycles. The Hall–Kier alpha value is -3.08. The molecule has 0 bridgehead atoms. The van der Waals surface area contributed by atoms with Crippen molar-refractivity contribution < 1.29 is 9.90 Å². The molecule has 0 spiro atoms. The zero-order valence-corrected chi connectivity index (χ0v) is 15.0. The van der Waals surface area contributed by atoms with Crippen molar-refractivity contribution >= 4 is 22.4 Å². The van der Waals surface area contributed by atoms with E-state index in [-0.39, 0.29) is 11.3 Å². The number of carbonyl (C=O) groups excluding carboxylic acids is 1. The van der Waals surface area contributed by atoms with Crippen LogP contribution in [0.1, 0.15) is 0 Å². The molecule has 0 radical (unpaired) electrons. The van der Waals surface area contributed by atoms with Crippen LogP contribution in [0.25, 0.3) is 10.8 Å². The minimum absolute atomic E-state index is 0.00691. The number of nitrogens with zero attached hydrogens (tertiary/aromatic N) is 2. The molecule has 1 heterocycles. The van der Waals surface area contributed by atoms with E-state index in [9.17, 15) is 15.2 Å². The van der Waals surface area contributed by atoms with Gasteiger partial charge in [0.05, 0.1) is 0 Å². The van der Waals surface area contributed by atoms with Crippen molar-refractivity contribution in [3.8, 4) is 11.8 Å². The van der Waals surface area contributed by atoms with Crippen LogP contribution >= 0.6 is 0 Å². The zero-order chi connectivity index (χ0) is 19.1. The van der Waals surface area contributed by atoms with E-state index in [2.05, 4.69) is 20.9 Å². The van der Waals surface area contributed by atoms with Crippen molar-refractivity contribution in [3.05, 3.63) is 48.2 Å². The molecule has 2 aromatic carbocycles. The summed E-state index contributed by atoms with van der Waals surface area (Å²) in [5, 5.41) is 29.7. The second-order valence-corrected chi connectivity index (χ2v) is 6.35. The highest BCUT2D eigenvalue weighted by Gasteiger charge is 2.12. The van der Waals surface area contributed by atoms with Crippen LogP contribution in [-0.4, -0.2) is 55.2 Å². The number of fused-ring (bicyclic) bond motifs is 1. The Morgan fingerprint density at radius 1 is 1.22 bits per heavy atom. The predicted molar refractivity (Wildman–Crippen MR) is 105 cm³/mol. The summed E-state index contributed by atoms with van der Waals surface area (Å²) in [6, 6.07) is 12.3. The van der Waals surface area contributed by atoms with Crippen molar-refractivity contribution in [1.82, 2.24) is 15.5 Å². The van der Waals surface area contributed by atoms with E-state index in [0.29, 0.717) is 17.6 Å². The topological polar surface area (TPSA) is 100 Å². The third-order valence-electron chi connectivity index (χ3n) is 4.54. The fourth-order valence-corrected chi connectivity index (χ4v) is 3.07. The molecule has 2 aromatic rings. The van der Waals surface area contributed by atoms with Gasteiger partial charge in [-0.25, -0.2) is 0 Å². The van der Waals surface area contributed by atoms with Gasteiger partial charge in [-0.1, -0.05) is 24.3 Å². The second kappa shape index (κ2) is 9.03. The lowest BCUT2D eigenvalue weighted by Gasteiger charge is -2.26. The molecule has 3 rings (SSSR count). The average Bonchev–Trinajstić information content (AvgIpc) is 2.69. The summed E-state index contributed by atoms with van der Waals surface area (Å²) in [6.45, 7) is 5.52. The number of amides is 1. The number of hydrogen-bond acceptors (Lipinski definition) is 6. The smallest absolute Gasteiger partial charge is 0.267 e. The quantitative estimate of drug-likeness (QED) is 0.351. The second-order valence-electron chi connectivity index (χ2n) is 6.35. The molecule has 0 atom stereocenters. The van der Waals surface area contributed by atoms with Crippen LogP contribution in [0.15, 0.2) is 48.2 Å². The van der Waals surface area contributed by atoms with Crippen molar-refractivity contribution in [2.75, 3.05) is 44.6 Å². The average molecular weight is 365 g/mol. The first-order chi connectivity index (χ1) is 13.2. The number of benzene rings is 2. The van der Waals surface area contributed by atoms with Crippen LogP contribution in [-0.2, 0) is 4.79 Å². The number of anilines is 1. The molecule has 1 amide bonds. The van der Waals surface area contributed by atoms with E-state index in [1.807, 2.05) is 12.1 Å². The van der Waals surface area contributed by atoms with Crippen LogP contribution in [0.5, 0.6) is 5.75 Å². The largest absolute Gasteiger partial charge is 0.507 e. The molecule has 0 saturated carbocycles. The Labute approximate surface area is 158 Å². The van der Waals surface area contributed by atoms with Gasteiger partial charge in [0, 0.05) is 61.9 Å². The summed E-state index contributed by atoms with van der Waals surface area (Å²) in [5.41, 5.74) is 0.558. The maximum absolute atomic E-state index is 12.4. The molecule has 140 valence electrons. The minimum Gasteiger partial charge on any atom is -0.507 e. The standard InChI is InChI=1S/C20H23N5O2/c21-13-15(14-23-9-12-25-10-7-22-8-11-25)20(27)24-18-5-1-4-17-16(18)3-2-6-19(17)26/h1-6,14,22-23,26H,7-12H2,(H,24,27)/b15-14-. The van der Waals surface area contributed by atoms with E-state index in [0.717, 1.165) is 38.1 Å². The molecular weight excluding hydrogens is 342 g/mol. The molecule has 7 nitrogen and oxygen atoms in total. The molecule has 1 saturated heterocycles. The summed E-state index contributed by atoms with van der Waals surface area (Å²) in [4.78, 5) is 14.8. The monoisotopic (exact) mass is 365 g/mol. The molecule has 4 N–H and O–H groups in total. The van der Waals surface area contributed by atoms with Crippen LogP contribution < -0.4 is 16.0 Å². The number of phenols is 1. The molecule has 1 aliphatic heterocycles. The van der Waals surface area contributed by atoms with Gasteiger partial charge in [0.1, 0.15) is 17.4 Å². The van der Waals surface area contributed by atoms with Crippen molar-refractivity contribution in [1.29, 1.82) is 5.26 Å². The Morgan fingerprint density at radius 2 is 1.96 bits per heavy atom. The first-order valence-corrected chi connectivity index (χ1v) is 8.98. The van der Waals surface area contributed by atoms with Gasteiger partial charge in [-0.15, -0.1) is 0 Å². The molecule has 7 heteroatoms. The van der Waals surface area contributed by atoms with E-state index in [4.69, 9.17) is 0 Å². The lowest BCUT2D eigenvalue weighted by atomic mass is 10.1. The van der Waals surface area contributed by atoms with Crippen molar-refractivity contribution in [3.63, 3.8) is 0 Å². The highest BCUT2D eigenvalue weighted by Crippen LogP contribution is 2.29. The van der Waals surface area contributed by atoms with E-state index in [1.165, 1.54) is 6.20 Å². The van der Waals surface area contributed by atoms with Gasteiger partial charge in [-0.3, -0.25) is 9.69 Å². The lowest BCUT2D eigenvalue weighted by Crippen LogP contribution is -2.45. The van der Waals surface area contributed by atoms with Gasteiger partial charge in [-0.2, -0.15) is 5.26 Å². The van der Waals surface area contributed by atoms with Crippen molar-refractivity contribution in [2.45, 2.75) is 0 Å². The van der Waals surface area contributed by atoms with E-state index >= 15 is 0 Å². The Kier molecular flexibility index (Phi) is 6.26. The Balaban J connectivity index is 1.62. The Bertz CT molecular complexity index is 882. The third kappa shape index (κ3) is 4.76. The van der Waals surface area contributed by atoms with Crippen LogP contribution in [0.4, 0.5) is 5.69 Å². The summed E-state index contributed by atoms with van der Waals surface area (Å²) < 4.78 is 0. The van der Waals surface area contributed by atoms with Gasteiger partial charge < -0.3 is 21.1 Å². The van der Waals surface area contributed by atoms with Gasteiger partial charge in [0.2, 0.25) is 0 Å². The number of carbonyl (C=O) groups is 1. The van der Waals surface area contributed by atoms with Gasteiger partial charge in [0.15, 0.2) is 0 Å². The molecule has 27 heavy (non-hydrogen) atoms. The molecule has 1 aliphatic rings. The summed E-state index contributed by atoms with van der Waals surface area (Å²) in [5.74, 6) is -0.336. The number of nitriles is 1. The maximum Gasteiger partial charge on any atom is 0.267 e. The highest BCUT2D eigenvalue weighted by molar-refractivity contribution is 6.11. The van der Waals surface area contributed by atoms with Gasteiger partial charge in [0.25, 0.3) is 5.91 Å². The lowest BCUT2D eigenvalue weighted by molar-refractivity contribution is -0.112. The van der Waals surface area contributed by atoms with Crippen LogP contribution in [0.2, 0.25) is 0 Å². The molecule has 0 unspecified atom stereocenters. The zero-order valence-electron chi connectivity index (χ0n) is 15.0. The normalized spacial score (nSPS) is 15.3. The Morgan fingerprint density at radius 3 is 2.74 bits per heavy atom. The van der Waals surface area contributed by atoms with Gasteiger partial charge in [-0.05, 0) is 12.1 Å². The number of piperazine rings is 1. The van der Waals surface area contributed by atoms with Crippen LogP contribution in [0, 0.1) is 11.3 Å². The molecular formula is C20H23N5O2. The van der Waals surface area contributed by atoms with E-state index < -0.39 is 5.91 Å². The number of rotatable bonds is 6. The first kappa shape index (κ1) is 18.7. The van der Waals surface area contributed by atoms with Crippen molar-refractivity contribution in [2.24, 2.45) is 0 Å². The van der Waals surface area contributed by atoms with Gasteiger partial charge >= 0.3 is 0 Å².